The Morgan fingerprint density at radius 2 is 2.18 bits per heavy atom. The van der Waals surface area contributed by atoms with Crippen LogP contribution in [0.3, 0.4) is 0 Å². The van der Waals surface area contributed by atoms with Crippen molar-refractivity contribution in [3.8, 4) is 5.75 Å². The second kappa shape index (κ2) is 7.23. The van der Waals surface area contributed by atoms with E-state index >= 15 is 0 Å². The van der Waals surface area contributed by atoms with Crippen LogP contribution in [-0.2, 0) is 6.54 Å². The summed E-state index contributed by atoms with van der Waals surface area (Å²) in [6.07, 6.45) is 3.87. The molecule has 0 atom stereocenters. The van der Waals surface area contributed by atoms with Crippen molar-refractivity contribution in [3.63, 3.8) is 0 Å². The van der Waals surface area contributed by atoms with Crippen LogP contribution in [0.15, 0.2) is 30.5 Å². The van der Waals surface area contributed by atoms with Crippen molar-refractivity contribution in [2.24, 2.45) is 5.92 Å². The van der Waals surface area contributed by atoms with E-state index in [9.17, 15) is 0 Å². The predicted molar refractivity (Wildman–Crippen MR) is 73.4 cm³/mol. The molecule has 0 spiro atoms. The molecule has 1 aromatic rings. The van der Waals surface area contributed by atoms with Crippen LogP contribution in [0.2, 0.25) is 5.02 Å². The molecule has 0 aliphatic heterocycles. The fraction of sp³-hybridized carbons (Fsp3) is 0.429. The minimum atomic E-state index is 0.516. The Balaban J connectivity index is 2.72. The highest BCUT2D eigenvalue weighted by atomic mass is 35.5. The number of hydrogen-bond acceptors (Lipinski definition) is 2. The minimum Gasteiger partial charge on any atom is -0.493 e. The van der Waals surface area contributed by atoms with E-state index in [0.29, 0.717) is 5.92 Å². The second-order valence-electron chi connectivity index (χ2n) is 4.34. The lowest BCUT2D eigenvalue weighted by atomic mass is 10.2. The van der Waals surface area contributed by atoms with Gasteiger partial charge < -0.3 is 10.1 Å². The van der Waals surface area contributed by atoms with Crippen molar-refractivity contribution < 1.29 is 4.74 Å². The summed E-state index contributed by atoms with van der Waals surface area (Å²) >= 11 is 5.99. The quantitative estimate of drug-likeness (QED) is 0.828. The molecule has 1 rings (SSSR count). The molecule has 0 amide bonds. The molecule has 0 unspecified atom stereocenters. The summed E-state index contributed by atoms with van der Waals surface area (Å²) in [4.78, 5) is 0. The van der Waals surface area contributed by atoms with E-state index in [0.717, 1.165) is 29.5 Å². The highest BCUT2D eigenvalue weighted by Gasteiger charge is 2.05. The smallest absolute Gasteiger partial charge is 0.124 e. The van der Waals surface area contributed by atoms with Crippen LogP contribution < -0.4 is 10.1 Å². The van der Waals surface area contributed by atoms with E-state index in [2.05, 4.69) is 19.2 Å². The van der Waals surface area contributed by atoms with E-state index in [1.54, 1.807) is 0 Å². The largest absolute Gasteiger partial charge is 0.493 e. The first-order valence-corrected chi connectivity index (χ1v) is 6.27. The fourth-order valence-corrected chi connectivity index (χ4v) is 1.56. The lowest BCUT2D eigenvalue weighted by Crippen LogP contribution is -2.09. The molecule has 0 heterocycles. The zero-order chi connectivity index (χ0) is 12.7. The lowest BCUT2D eigenvalue weighted by molar-refractivity contribution is 0.268. The summed E-state index contributed by atoms with van der Waals surface area (Å²) in [5.74, 6) is 1.42. The molecule has 1 N–H and O–H groups in total. The normalized spacial score (nSPS) is 11.1. The van der Waals surface area contributed by atoms with Gasteiger partial charge in [0.1, 0.15) is 5.75 Å². The summed E-state index contributed by atoms with van der Waals surface area (Å²) in [7, 11) is 0. The van der Waals surface area contributed by atoms with Gasteiger partial charge in [-0.3, -0.25) is 0 Å². The van der Waals surface area contributed by atoms with Gasteiger partial charge in [0.25, 0.3) is 0 Å². The summed E-state index contributed by atoms with van der Waals surface area (Å²) in [5, 5.41) is 3.92. The Bertz CT molecular complexity index is 374. The van der Waals surface area contributed by atoms with Crippen LogP contribution in [0.25, 0.3) is 0 Å². The molecule has 94 valence electrons. The first-order valence-electron chi connectivity index (χ1n) is 5.89. The van der Waals surface area contributed by atoms with Gasteiger partial charge >= 0.3 is 0 Å². The molecule has 1 aromatic carbocycles. The Hall–Kier alpha value is -1.15. The number of benzene rings is 1. The molecule has 0 aliphatic carbocycles. The van der Waals surface area contributed by atoms with E-state index in [1.165, 1.54) is 0 Å². The van der Waals surface area contributed by atoms with Crippen LogP contribution in [0, 0.1) is 5.92 Å². The van der Waals surface area contributed by atoms with E-state index < -0.39 is 0 Å². The van der Waals surface area contributed by atoms with Crippen molar-refractivity contribution in [2.75, 3.05) is 6.61 Å². The third-order valence-electron chi connectivity index (χ3n) is 2.17. The molecule has 0 saturated heterocycles. The summed E-state index contributed by atoms with van der Waals surface area (Å²) in [6, 6.07) is 5.72. The Labute approximate surface area is 109 Å². The fourth-order valence-electron chi connectivity index (χ4n) is 1.37. The lowest BCUT2D eigenvalue weighted by Gasteiger charge is -2.13. The SMILES string of the molecule is C/C=C\NCc1cc(Cl)ccc1OCC(C)C. The second-order valence-corrected chi connectivity index (χ2v) is 4.77. The molecule has 0 aromatic heterocycles. The summed E-state index contributed by atoms with van der Waals surface area (Å²) in [6.45, 7) is 7.68. The van der Waals surface area contributed by atoms with Crippen LogP contribution >= 0.6 is 11.6 Å². The molecule has 0 radical (unpaired) electrons. The first kappa shape index (κ1) is 13.9. The third-order valence-corrected chi connectivity index (χ3v) is 2.41. The molecule has 0 aliphatic rings. The third kappa shape index (κ3) is 5.14. The number of rotatable bonds is 6. The number of ether oxygens (including phenoxy) is 1. The number of allylic oxidation sites excluding steroid dienone is 1. The zero-order valence-corrected chi connectivity index (χ0v) is 11.4. The molecular formula is C14H20ClNO. The number of hydrogen-bond donors (Lipinski definition) is 1. The van der Waals surface area contributed by atoms with Gasteiger partial charge in [0.2, 0.25) is 0 Å². The van der Waals surface area contributed by atoms with Gasteiger partial charge in [-0.1, -0.05) is 31.5 Å². The minimum absolute atomic E-state index is 0.516. The Morgan fingerprint density at radius 3 is 2.82 bits per heavy atom. The summed E-state index contributed by atoms with van der Waals surface area (Å²) in [5.41, 5.74) is 1.08. The molecular weight excluding hydrogens is 234 g/mol. The predicted octanol–water partition coefficient (Wildman–Crippen LogP) is 4.00. The van der Waals surface area contributed by atoms with Crippen LogP contribution in [0.1, 0.15) is 26.3 Å². The van der Waals surface area contributed by atoms with E-state index in [1.807, 2.05) is 37.4 Å². The van der Waals surface area contributed by atoms with Gasteiger partial charge in [-0.25, -0.2) is 0 Å². The van der Waals surface area contributed by atoms with E-state index in [4.69, 9.17) is 16.3 Å². The van der Waals surface area contributed by atoms with Crippen molar-refractivity contribution in [2.45, 2.75) is 27.3 Å². The maximum absolute atomic E-state index is 5.99. The summed E-state index contributed by atoms with van der Waals surface area (Å²) < 4.78 is 5.76. The van der Waals surface area contributed by atoms with Gasteiger partial charge in [0, 0.05) is 17.1 Å². The van der Waals surface area contributed by atoms with E-state index in [-0.39, 0.29) is 0 Å². The topological polar surface area (TPSA) is 21.3 Å². The van der Waals surface area contributed by atoms with Crippen LogP contribution in [0.4, 0.5) is 0 Å². The van der Waals surface area contributed by atoms with Crippen molar-refractivity contribution in [1.29, 1.82) is 0 Å². The van der Waals surface area contributed by atoms with Crippen molar-refractivity contribution in [3.05, 3.63) is 41.1 Å². The van der Waals surface area contributed by atoms with Crippen LogP contribution in [-0.4, -0.2) is 6.61 Å². The number of halogens is 1. The molecule has 17 heavy (non-hydrogen) atoms. The molecule has 0 saturated carbocycles. The van der Waals surface area contributed by atoms with Gasteiger partial charge in [0.15, 0.2) is 0 Å². The monoisotopic (exact) mass is 253 g/mol. The molecule has 0 fully saturated rings. The average molecular weight is 254 g/mol. The standard InChI is InChI=1S/C14H20ClNO/c1-4-7-16-9-12-8-13(15)5-6-14(12)17-10-11(2)3/h4-8,11,16H,9-10H2,1-3H3/b7-4-. The Morgan fingerprint density at radius 1 is 1.41 bits per heavy atom. The van der Waals surface area contributed by atoms with Gasteiger partial charge in [-0.15, -0.1) is 0 Å². The van der Waals surface area contributed by atoms with Gasteiger partial charge in [-0.2, -0.15) is 0 Å². The number of nitrogens with one attached hydrogen (secondary N) is 1. The average Bonchev–Trinajstić information content (AvgIpc) is 2.28. The molecule has 0 bridgehead atoms. The van der Waals surface area contributed by atoms with Crippen molar-refractivity contribution in [1.82, 2.24) is 5.32 Å². The highest BCUT2D eigenvalue weighted by molar-refractivity contribution is 6.30. The van der Waals surface area contributed by atoms with Gasteiger partial charge in [-0.05, 0) is 37.2 Å². The Kier molecular flexibility index (Phi) is 5.92. The maximum atomic E-state index is 5.99. The molecule has 2 nitrogen and oxygen atoms in total. The zero-order valence-electron chi connectivity index (χ0n) is 10.7. The van der Waals surface area contributed by atoms with Gasteiger partial charge in [0.05, 0.1) is 6.61 Å². The highest BCUT2D eigenvalue weighted by Crippen LogP contribution is 2.23. The maximum Gasteiger partial charge on any atom is 0.124 e. The van der Waals surface area contributed by atoms with Crippen molar-refractivity contribution >= 4 is 11.6 Å². The first-order chi connectivity index (χ1) is 8.13. The van der Waals surface area contributed by atoms with Crippen LogP contribution in [0.5, 0.6) is 5.75 Å². The molecule has 3 heteroatoms.